The van der Waals surface area contributed by atoms with E-state index in [2.05, 4.69) is 6.92 Å². The Morgan fingerprint density at radius 2 is 2.18 bits per heavy atom. The fourth-order valence-corrected chi connectivity index (χ4v) is 3.14. The highest BCUT2D eigenvalue weighted by Crippen LogP contribution is 2.34. The normalized spacial score (nSPS) is 30.4. The molecule has 0 saturated heterocycles. The van der Waals surface area contributed by atoms with Gasteiger partial charge in [0.15, 0.2) is 9.84 Å². The first-order valence-electron chi connectivity index (χ1n) is 6.47. The maximum atomic E-state index is 11.4. The number of hydrogen-bond acceptors (Lipinski definition) is 4. The molecule has 1 fully saturated rings. The van der Waals surface area contributed by atoms with Crippen LogP contribution in [0.25, 0.3) is 0 Å². The molecule has 1 rings (SSSR count). The summed E-state index contributed by atoms with van der Waals surface area (Å²) in [5, 5.41) is 0. The summed E-state index contributed by atoms with van der Waals surface area (Å²) < 4.78 is 28.6. The topological polar surface area (TPSA) is 69.4 Å². The second kappa shape index (κ2) is 6.16. The standard InChI is InChI=1S/C12H25NO3S/c1-3-17(14,15)8-7-16-12(10-13)6-4-5-11(2)9-12/h11H,3-10,13H2,1-2H3. The van der Waals surface area contributed by atoms with E-state index >= 15 is 0 Å². The molecule has 0 bridgehead atoms. The summed E-state index contributed by atoms with van der Waals surface area (Å²) in [5.41, 5.74) is 5.53. The first-order valence-corrected chi connectivity index (χ1v) is 8.29. The summed E-state index contributed by atoms with van der Waals surface area (Å²) in [7, 11) is -2.93. The van der Waals surface area contributed by atoms with Crippen molar-refractivity contribution in [3.63, 3.8) is 0 Å². The maximum Gasteiger partial charge on any atom is 0.152 e. The molecular weight excluding hydrogens is 238 g/mol. The smallest absolute Gasteiger partial charge is 0.152 e. The van der Waals surface area contributed by atoms with Gasteiger partial charge in [0.1, 0.15) is 0 Å². The molecule has 2 N–H and O–H groups in total. The molecule has 0 spiro atoms. The van der Waals surface area contributed by atoms with Crippen molar-refractivity contribution in [2.24, 2.45) is 11.7 Å². The molecule has 1 saturated carbocycles. The van der Waals surface area contributed by atoms with E-state index in [9.17, 15) is 8.42 Å². The second-order valence-electron chi connectivity index (χ2n) is 5.17. The molecule has 0 aromatic heterocycles. The van der Waals surface area contributed by atoms with Gasteiger partial charge in [-0.1, -0.05) is 26.7 Å². The minimum atomic E-state index is -2.93. The third kappa shape index (κ3) is 4.56. The van der Waals surface area contributed by atoms with Gasteiger partial charge in [0.05, 0.1) is 18.0 Å². The molecule has 2 unspecified atom stereocenters. The molecule has 0 radical (unpaired) electrons. The van der Waals surface area contributed by atoms with Gasteiger partial charge in [0.2, 0.25) is 0 Å². The van der Waals surface area contributed by atoms with Crippen LogP contribution in [0.2, 0.25) is 0 Å². The maximum absolute atomic E-state index is 11.4. The first kappa shape index (κ1) is 14.9. The number of rotatable bonds is 6. The van der Waals surface area contributed by atoms with Crippen molar-refractivity contribution in [3.8, 4) is 0 Å². The molecule has 1 aliphatic rings. The highest BCUT2D eigenvalue weighted by atomic mass is 32.2. The van der Waals surface area contributed by atoms with Gasteiger partial charge in [0.25, 0.3) is 0 Å². The molecule has 0 aromatic carbocycles. The van der Waals surface area contributed by atoms with Gasteiger partial charge in [-0.15, -0.1) is 0 Å². The lowest BCUT2D eigenvalue weighted by Crippen LogP contribution is -2.45. The van der Waals surface area contributed by atoms with Crippen LogP contribution in [-0.2, 0) is 14.6 Å². The third-order valence-electron chi connectivity index (χ3n) is 3.66. The van der Waals surface area contributed by atoms with E-state index in [-0.39, 0.29) is 23.7 Å². The van der Waals surface area contributed by atoms with Crippen LogP contribution in [0.1, 0.15) is 39.5 Å². The van der Waals surface area contributed by atoms with Gasteiger partial charge < -0.3 is 10.5 Å². The average Bonchev–Trinajstić information content (AvgIpc) is 2.29. The van der Waals surface area contributed by atoms with Crippen LogP contribution in [0.15, 0.2) is 0 Å². The van der Waals surface area contributed by atoms with E-state index in [4.69, 9.17) is 10.5 Å². The number of nitrogens with two attached hydrogens (primary N) is 1. The fraction of sp³-hybridized carbons (Fsp3) is 1.00. The minimum Gasteiger partial charge on any atom is -0.373 e. The second-order valence-corrected chi connectivity index (χ2v) is 7.65. The summed E-state index contributed by atoms with van der Waals surface area (Å²) in [6.45, 7) is 4.63. The van der Waals surface area contributed by atoms with Crippen LogP contribution in [0.3, 0.4) is 0 Å². The third-order valence-corrected chi connectivity index (χ3v) is 5.33. The Morgan fingerprint density at radius 1 is 1.47 bits per heavy atom. The summed E-state index contributed by atoms with van der Waals surface area (Å²) in [6.07, 6.45) is 4.26. The number of hydrogen-bond donors (Lipinski definition) is 1. The molecule has 0 heterocycles. The summed E-state index contributed by atoms with van der Waals surface area (Å²) >= 11 is 0. The molecule has 1 aliphatic carbocycles. The summed E-state index contributed by atoms with van der Waals surface area (Å²) in [6, 6.07) is 0. The molecule has 0 aliphatic heterocycles. The Hall–Kier alpha value is -0.130. The van der Waals surface area contributed by atoms with E-state index in [0.717, 1.165) is 19.3 Å². The average molecular weight is 263 g/mol. The van der Waals surface area contributed by atoms with Crippen molar-refractivity contribution in [2.75, 3.05) is 24.7 Å². The zero-order chi connectivity index (χ0) is 12.9. The Kier molecular flexibility index (Phi) is 5.41. The lowest BCUT2D eigenvalue weighted by atomic mass is 9.79. The first-order chi connectivity index (χ1) is 7.93. The van der Waals surface area contributed by atoms with E-state index in [1.165, 1.54) is 6.42 Å². The van der Waals surface area contributed by atoms with Gasteiger partial charge in [0, 0.05) is 12.3 Å². The SMILES string of the molecule is CCS(=O)(=O)CCOC1(CN)CCCC(C)C1. The molecule has 5 heteroatoms. The van der Waals surface area contributed by atoms with Gasteiger partial charge in [-0.25, -0.2) is 8.42 Å². The van der Waals surface area contributed by atoms with Crippen molar-refractivity contribution in [1.82, 2.24) is 0 Å². The Balaban J connectivity index is 2.47. The molecule has 4 nitrogen and oxygen atoms in total. The highest BCUT2D eigenvalue weighted by Gasteiger charge is 2.34. The molecule has 17 heavy (non-hydrogen) atoms. The van der Waals surface area contributed by atoms with Gasteiger partial charge in [-0.2, -0.15) is 0 Å². The monoisotopic (exact) mass is 263 g/mol. The number of sulfone groups is 1. The minimum absolute atomic E-state index is 0.111. The Bertz CT molecular complexity index is 329. The van der Waals surface area contributed by atoms with E-state index in [1.54, 1.807) is 6.92 Å². The summed E-state index contributed by atoms with van der Waals surface area (Å²) in [4.78, 5) is 0. The Labute approximate surface area is 105 Å². The van der Waals surface area contributed by atoms with Crippen LogP contribution < -0.4 is 5.73 Å². The largest absolute Gasteiger partial charge is 0.373 e. The lowest BCUT2D eigenvalue weighted by Gasteiger charge is -2.39. The number of ether oxygens (including phenoxy) is 1. The zero-order valence-corrected chi connectivity index (χ0v) is 11.8. The van der Waals surface area contributed by atoms with Crippen molar-refractivity contribution in [3.05, 3.63) is 0 Å². The van der Waals surface area contributed by atoms with Gasteiger partial charge >= 0.3 is 0 Å². The molecule has 0 amide bonds. The Morgan fingerprint density at radius 3 is 2.71 bits per heavy atom. The van der Waals surface area contributed by atoms with Gasteiger partial charge in [-0.3, -0.25) is 0 Å². The van der Waals surface area contributed by atoms with Crippen LogP contribution in [0.4, 0.5) is 0 Å². The molecule has 102 valence electrons. The summed E-state index contributed by atoms with van der Waals surface area (Å²) in [5.74, 6) is 0.914. The quantitative estimate of drug-likeness (QED) is 0.785. The predicted molar refractivity (Wildman–Crippen MR) is 69.7 cm³/mol. The van der Waals surface area contributed by atoms with Crippen molar-refractivity contribution < 1.29 is 13.2 Å². The predicted octanol–water partition coefficient (Wildman–Crippen LogP) is 1.35. The van der Waals surface area contributed by atoms with Gasteiger partial charge in [-0.05, 0) is 18.8 Å². The zero-order valence-electron chi connectivity index (χ0n) is 10.9. The van der Waals surface area contributed by atoms with Crippen LogP contribution in [0, 0.1) is 5.92 Å². The fourth-order valence-electron chi connectivity index (χ4n) is 2.52. The van der Waals surface area contributed by atoms with Crippen molar-refractivity contribution in [2.45, 2.75) is 45.1 Å². The van der Waals surface area contributed by atoms with E-state index in [1.807, 2.05) is 0 Å². The van der Waals surface area contributed by atoms with Crippen molar-refractivity contribution >= 4 is 9.84 Å². The van der Waals surface area contributed by atoms with Crippen LogP contribution in [-0.4, -0.2) is 38.7 Å². The lowest BCUT2D eigenvalue weighted by molar-refractivity contribution is -0.0679. The molecular formula is C12H25NO3S. The molecule has 2 atom stereocenters. The molecule has 0 aromatic rings. The van der Waals surface area contributed by atoms with Crippen LogP contribution in [0.5, 0.6) is 0 Å². The van der Waals surface area contributed by atoms with Crippen molar-refractivity contribution in [1.29, 1.82) is 0 Å². The van der Waals surface area contributed by atoms with E-state index < -0.39 is 9.84 Å². The highest BCUT2D eigenvalue weighted by molar-refractivity contribution is 7.91. The van der Waals surface area contributed by atoms with Crippen LogP contribution >= 0.6 is 0 Å². The van der Waals surface area contributed by atoms with E-state index in [0.29, 0.717) is 12.5 Å².